The number of alkyl carbamates (subject to hydrolysis) is 1. The summed E-state index contributed by atoms with van der Waals surface area (Å²) in [4.78, 5) is 45.6. The van der Waals surface area contributed by atoms with Gasteiger partial charge >= 0.3 is 6.09 Å². The number of hydrogen-bond donors (Lipinski definition) is 2. The molecule has 0 aromatic heterocycles. The average Bonchev–Trinajstić information content (AvgIpc) is 2.66. The molecule has 1 atom stereocenters. The van der Waals surface area contributed by atoms with Crippen LogP contribution in [0.2, 0.25) is 0 Å². The van der Waals surface area contributed by atoms with Crippen molar-refractivity contribution >= 4 is 29.1 Å². The van der Waals surface area contributed by atoms with Crippen molar-refractivity contribution in [1.82, 2.24) is 5.32 Å². The number of nitro benzene ring substituents is 2. The van der Waals surface area contributed by atoms with Gasteiger partial charge in [0.2, 0.25) is 5.91 Å². The van der Waals surface area contributed by atoms with E-state index >= 15 is 0 Å². The van der Waals surface area contributed by atoms with Crippen LogP contribution in [0.5, 0.6) is 0 Å². The van der Waals surface area contributed by atoms with Crippen molar-refractivity contribution in [2.45, 2.75) is 38.8 Å². The summed E-state index contributed by atoms with van der Waals surface area (Å²) < 4.78 is 5.20. The fourth-order valence-corrected chi connectivity index (χ4v) is 2.62. The van der Waals surface area contributed by atoms with E-state index in [0.29, 0.717) is 0 Å². The number of carbonyl (C=O) groups is 2. The Morgan fingerprint density at radius 3 is 2.03 bits per heavy atom. The van der Waals surface area contributed by atoms with E-state index in [1.54, 1.807) is 51.1 Å². The lowest BCUT2D eigenvalue weighted by atomic mass is 10.1. The number of ether oxygens (including phenoxy) is 1. The van der Waals surface area contributed by atoms with Gasteiger partial charge in [-0.05, 0) is 26.3 Å². The minimum absolute atomic E-state index is 0.100. The third-order valence-corrected chi connectivity index (χ3v) is 3.88. The second-order valence-corrected chi connectivity index (χ2v) is 7.63. The standard InChI is InChI=1S/C20H22N4O7/c1-20(2,3)31-19(26)22-17(9-13-7-5-4-6-8-13)18(25)21-14-10-15(23(27)28)12-16(11-14)24(29)30/h4-8,10-12,17H,9H2,1-3H3,(H,21,25)(H,22,26)/t17-/m0/s1. The molecule has 0 radical (unpaired) electrons. The van der Waals surface area contributed by atoms with Crippen LogP contribution in [-0.4, -0.2) is 33.5 Å². The summed E-state index contributed by atoms with van der Waals surface area (Å²) in [5.74, 6) is -0.718. The molecule has 0 unspecified atom stereocenters. The Morgan fingerprint density at radius 1 is 1.00 bits per heavy atom. The zero-order valence-corrected chi connectivity index (χ0v) is 17.2. The number of amides is 2. The molecule has 0 aliphatic carbocycles. The molecule has 0 aliphatic heterocycles. The van der Waals surface area contributed by atoms with E-state index in [1.807, 2.05) is 0 Å². The number of nitrogens with one attached hydrogen (secondary N) is 2. The summed E-state index contributed by atoms with van der Waals surface area (Å²) in [6.45, 7) is 5.00. The average molecular weight is 430 g/mol. The van der Waals surface area contributed by atoms with Crippen molar-refractivity contribution in [3.8, 4) is 0 Å². The van der Waals surface area contributed by atoms with Gasteiger partial charge in [-0.15, -0.1) is 0 Å². The van der Waals surface area contributed by atoms with Crippen molar-refractivity contribution in [3.63, 3.8) is 0 Å². The first-order valence-corrected chi connectivity index (χ1v) is 9.23. The number of nitro groups is 2. The quantitative estimate of drug-likeness (QED) is 0.502. The molecule has 0 bridgehead atoms. The normalized spacial score (nSPS) is 11.8. The third kappa shape index (κ3) is 7.38. The minimum Gasteiger partial charge on any atom is -0.444 e. The molecule has 31 heavy (non-hydrogen) atoms. The lowest BCUT2D eigenvalue weighted by Crippen LogP contribution is -2.47. The van der Waals surface area contributed by atoms with Crippen LogP contribution in [0.1, 0.15) is 26.3 Å². The Morgan fingerprint density at radius 2 is 1.55 bits per heavy atom. The molecule has 0 saturated heterocycles. The number of carbonyl (C=O) groups excluding carboxylic acids is 2. The fourth-order valence-electron chi connectivity index (χ4n) is 2.62. The highest BCUT2D eigenvalue weighted by Gasteiger charge is 2.26. The van der Waals surface area contributed by atoms with Crippen molar-refractivity contribution < 1.29 is 24.2 Å². The summed E-state index contributed by atoms with van der Waals surface area (Å²) in [6.07, 6.45) is -0.725. The van der Waals surface area contributed by atoms with Gasteiger partial charge in [0.05, 0.1) is 21.6 Å². The molecule has 11 heteroatoms. The highest BCUT2D eigenvalue weighted by atomic mass is 16.6. The number of non-ortho nitro benzene ring substituents is 2. The molecule has 2 N–H and O–H groups in total. The SMILES string of the molecule is CC(C)(C)OC(=O)N[C@@H](Cc1ccccc1)C(=O)Nc1cc([N+](=O)[O-])cc([N+](=O)[O-])c1. The summed E-state index contributed by atoms with van der Waals surface area (Å²) in [6, 6.07) is 10.5. The first kappa shape index (κ1) is 23.3. The molecule has 2 rings (SSSR count). The van der Waals surface area contributed by atoms with Crippen LogP contribution in [0.4, 0.5) is 21.9 Å². The Bertz CT molecular complexity index is 955. The number of hydrogen-bond acceptors (Lipinski definition) is 7. The van der Waals surface area contributed by atoms with Crippen molar-refractivity contribution in [1.29, 1.82) is 0 Å². The van der Waals surface area contributed by atoms with Gasteiger partial charge in [-0.2, -0.15) is 0 Å². The monoisotopic (exact) mass is 430 g/mol. The maximum atomic E-state index is 12.9. The van der Waals surface area contributed by atoms with Gasteiger partial charge in [0.15, 0.2) is 0 Å². The Balaban J connectivity index is 2.28. The van der Waals surface area contributed by atoms with Gasteiger partial charge in [0, 0.05) is 18.6 Å². The predicted molar refractivity (Wildman–Crippen MR) is 112 cm³/mol. The van der Waals surface area contributed by atoms with E-state index in [0.717, 1.165) is 23.8 Å². The second-order valence-electron chi connectivity index (χ2n) is 7.63. The van der Waals surface area contributed by atoms with Crippen LogP contribution in [0, 0.1) is 20.2 Å². The molecular weight excluding hydrogens is 408 g/mol. The van der Waals surface area contributed by atoms with E-state index in [9.17, 15) is 29.8 Å². The first-order chi connectivity index (χ1) is 14.4. The zero-order valence-electron chi connectivity index (χ0n) is 17.2. The molecule has 2 aromatic rings. The molecule has 0 spiro atoms. The lowest BCUT2D eigenvalue weighted by molar-refractivity contribution is -0.394. The molecule has 164 valence electrons. The Kier molecular flexibility index (Phi) is 7.24. The van der Waals surface area contributed by atoms with E-state index in [4.69, 9.17) is 4.74 Å². The zero-order chi connectivity index (χ0) is 23.2. The molecule has 0 fully saturated rings. The van der Waals surface area contributed by atoms with Crippen molar-refractivity contribution in [2.24, 2.45) is 0 Å². The van der Waals surface area contributed by atoms with Crippen molar-refractivity contribution in [3.05, 3.63) is 74.3 Å². The van der Waals surface area contributed by atoms with Crippen LogP contribution in [0.3, 0.4) is 0 Å². The van der Waals surface area contributed by atoms with Gasteiger partial charge in [0.25, 0.3) is 11.4 Å². The number of rotatable bonds is 7. The van der Waals surface area contributed by atoms with E-state index in [-0.39, 0.29) is 12.1 Å². The third-order valence-electron chi connectivity index (χ3n) is 3.88. The number of anilines is 1. The number of nitrogens with zero attached hydrogens (tertiary/aromatic N) is 2. The molecule has 11 nitrogen and oxygen atoms in total. The van der Waals surface area contributed by atoms with Gasteiger partial charge in [-0.25, -0.2) is 4.79 Å². The van der Waals surface area contributed by atoms with Gasteiger partial charge in [0.1, 0.15) is 11.6 Å². The maximum Gasteiger partial charge on any atom is 0.408 e. The van der Waals surface area contributed by atoms with E-state index in [1.165, 1.54) is 0 Å². The summed E-state index contributed by atoms with van der Waals surface area (Å²) >= 11 is 0. The summed E-state index contributed by atoms with van der Waals surface area (Å²) in [5, 5.41) is 27.0. The van der Waals surface area contributed by atoms with Crippen LogP contribution < -0.4 is 10.6 Å². The minimum atomic E-state index is -1.10. The Labute approximate surface area is 177 Å². The van der Waals surface area contributed by atoms with Gasteiger partial charge in [-0.1, -0.05) is 30.3 Å². The van der Waals surface area contributed by atoms with Crippen LogP contribution in [0.25, 0.3) is 0 Å². The van der Waals surface area contributed by atoms with E-state index < -0.39 is 44.9 Å². The molecule has 2 amide bonds. The molecule has 2 aromatic carbocycles. The number of benzene rings is 2. The topological polar surface area (TPSA) is 154 Å². The van der Waals surface area contributed by atoms with Crippen molar-refractivity contribution in [2.75, 3.05) is 5.32 Å². The largest absolute Gasteiger partial charge is 0.444 e. The van der Waals surface area contributed by atoms with Crippen LogP contribution in [-0.2, 0) is 16.0 Å². The van der Waals surface area contributed by atoms with E-state index in [2.05, 4.69) is 10.6 Å². The predicted octanol–water partition coefficient (Wildman–Crippen LogP) is 3.58. The molecule has 0 saturated carbocycles. The lowest BCUT2D eigenvalue weighted by Gasteiger charge is -2.23. The van der Waals surface area contributed by atoms with Crippen LogP contribution in [0.15, 0.2) is 48.5 Å². The Hall–Kier alpha value is -4.02. The maximum absolute atomic E-state index is 12.9. The fraction of sp³-hybridized carbons (Fsp3) is 0.300. The highest BCUT2D eigenvalue weighted by Crippen LogP contribution is 2.26. The molecular formula is C20H22N4O7. The first-order valence-electron chi connectivity index (χ1n) is 9.23. The van der Waals surface area contributed by atoms with Crippen LogP contribution >= 0.6 is 0 Å². The summed E-state index contributed by atoms with van der Waals surface area (Å²) in [5.41, 5.74) is -1.30. The smallest absolute Gasteiger partial charge is 0.408 e. The second kappa shape index (κ2) is 9.65. The van der Waals surface area contributed by atoms with Gasteiger partial charge < -0.3 is 15.4 Å². The highest BCUT2D eigenvalue weighted by molar-refractivity contribution is 5.97. The molecule has 0 heterocycles. The van der Waals surface area contributed by atoms with Gasteiger partial charge in [-0.3, -0.25) is 25.0 Å². The summed E-state index contributed by atoms with van der Waals surface area (Å²) in [7, 11) is 0. The molecule has 0 aliphatic rings.